The standard InChI is InChI=1S/C12H16O4S/c1-9-2-3-12(17(13,14)15)7-11(9)6-10-4-5-16-8-10/h2-3,7,10H,4-6,8H2,1H3,(H,13,14,15). The molecule has 1 atom stereocenters. The van der Waals surface area contributed by atoms with Crippen molar-refractivity contribution in [2.75, 3.05) is 13.2 Å². The lowest BCUT2D eigenvalue weighted by molar-refractivity contribution is 0.186. The molecule has 1 aromatic carbocycles. The zero-order valence-electron chi connectivity index (χ0n) is 9.72. The van der Waals surface area contributed by atoms with Crippen molar-refractivity contribution in [1.82, 2.24) is 0 Å². The van der Waals surface area contributed by atoms with E-state index in [4.69, 9.17) is 9.29 Å². The van der Waals surface area contributed by atoms with Gasteiger partial charge in [0.1, 0.15) is 0 Å². The third kappa shape index (κ3) is 3.06. The molecule has 17 heavy (non-hydrogen) atoms. The summed E-state index contributed by atoms with van der Waals surface area (Å²) >= 11 is 0. The predicted molar refractivity (Wildman–Crippen MR) is 63.6 cm³/mol. The third-order valence-corrected chi connectivity index (χ3v) is 4.00. The first-order valence-corrected chi connectivity index (χ1v) is 7.05. The Morgan fingerprint density at radius 2 is 2.24 bits per heavy atom. The highest BCUT2D eigenvalue weighted by atomic mass is 32.2. The molecule has 1 aliphatic heterocycles. The van der Waals surface area contributed by atoms with Crippen LogP contribution in [0.3, 0.4) is 0 Å². The van der Waals surface area contributed by atoms with Gasteiger partial charge in [-0.25, -0.2) is 0 Å². The molecule has 1 N–H and O–H groups in total. The molecule has 0 saturated carbocycles. The Labute approximate surface area is 101 Å². The van der Waals surface area contributed by atoms with Crippen molar-refractivity contribution in [2.45, 2.75) is 24.7 Å². The normalized spacial score (nSPS) is 20.7. The number of ether oxygens (including phenoxy) is 1. The van der Waals surface area contributed by atoms with Crippen molar-refractivity contribution in [3.05, 3.63) is 29.3 Å². The van der Waals surface area contributed by atoms with Crippen LogP contribution in [0.15, 0.2) is 23.1 Å². The van der Waals surface area contributed by atoms with Crippen LogP contribution >= 0.6 is 0 Å². The maximum Gasteiger partial charge on any atom is 0.294 e. The van der Waals surface area contributed by atoms with E-state index >= 15 is 0 Å². The first kappa shape index (κ1) is 12.5. The first-order valence-electron chi connectivity index (χ1n) is 5.61. The van der Waals surface area contributed by atoms with Gasteiger partial charge in [0, 0.05) is 13.2 Å². The van der Waals surface area contributed by atoms with E-state index < -0.39 is 10.1 Å². The molecule has 0 bridgehead atoms. The zero-order valence-corrected chi connectivity index (χ0v) is 10.5. The maximum absolute atomic E-state index is 11.1. The van der Waals surface area contributed by atoms with Crippen molar-refractivity contribution in [3.63, 3.8) is 0 Å². The lowest BCUT2D eigenvalue weighted by Crippen LogP contribution is -2.07. The number of benzene rings is 1. The van der Waals surface area contributed by atoms with E-state index in [1.54, 1.807) is 12.1 Å². The Bertz CT molecular complexity index is 501. The van der Waals surface area contributed by atoms with E-state index in [-0.39, 0.29) is 4.90 Å². The van der Waals surface area contributed by atoms with Crippen molar-refractivity contribution >= 4 is 10.1 Å². The molecular weight excluding hydrogens is 240 g/mol. The van der Waals surface area contributed by atoms with Crippen molar-refractivity contribution in [1.29, 1.82) is 0 Å². The van der Waals surface area contributed by atoms with Gasteiger partial charge in [-0.1, -0.05) is 6.07 Å². The summed E-state index contributed by atoms with van der Waals surface area (Å²) in [5.74, 6) is 0.449. The maximum atomic E-state index is 11.1. The highest BCUT2D eigenvalue weighted by Crippen LogP contribution is 2.22. The monoisotopic (exact) mass is 256 g/mol. The highest BCUT2D eigenvalue weighted by molar-refractivity contribution is 7.85. The van der Waals surface area contributed by atoms with E-state index in [1.807, 2.05) is 6.92 Å². The summed E-state index contributed by atoms with van der Waals surface area (Å²) in [6, 6.07) is 4.72. The fourth-order valence-electron chi connectivity index (χ4n) is 2.08. The van der Waals surface area contributed by atoms with Crippen molar-refractivity contribution in [3.8, 4) is 0 Å². The van der Waals surface area contributed by atoms with Gasteiger partial charge in [-0.05, 0) is 48.9 Å². The molecule has 5 heteroatoms. The Morgan fingerprint density at radius 1 is 1.47 bits per heavy atom. The lowest BCUT2D eigenvalue weighted by Gasteiger charge is -2.11. The van der Waals surface area contributed by atoms with Gasteiger partial charge in [0.2, 0.25) is 0 Å². The van der Waals surface area contributed by atoms with Crippen LogP contribution in [0.2, 0.25) is 0 Å². The van der Waals surface area contributed by atoms with Gasteiger partial charge in [-0.2, -0.15) is 8.42 Å². The van der Waals surface area contributed by atoms with E-state index in [0.717, 1.165) is 37.2 Å². The van der Waals surface area contributed by atoms with E-state index in [2.05, 4.69) is 0 Å². The molecule has 1 saturated heterocycles. The summed E-state index contributed by atoms with van der Waals surface area (Å²) < 4.78 is 36.4. The van der Waals surface area contributed by atoms with Crippen LogP contribution in [0.1, 0.15) is 17.5 Å². The van der Waals surface area contributed by atoms with Crippen molar-refractivity contribution in [2.24, 2.45) is 5.92 Å². The Balaban J connectivity index is 2.26. The number of hydrogen-bond acceptors (Lipinski definition) is 3. The molecule has 1 aliphatic rings. The van der Waals surface area contributed by atoms with Crippen LogP contribution in [0, 0.1) is 12.8 Å². The van der Waals surface area contributed by atoms with Gasteiger partial charge in [-0.3, -0.25) is 4.55 Å². The molecule has 4 nitrogen and oxygen atoms in total. The topological polar surface area (TPSA) is 63.6 Å². The first-order chi connectivity index (χ1) is 7.97. The van der Waals surface area contributed by atoms with Crippen LogP contribution < -0.4 is 0 Å². The number of aryl methyl sites for hydroxylation is 1. The quantitative estimate of drug-likeness (QED) is 0.838. The third-order valence-electron chi connectivity index (χ3n) is 3.15. The van der Waals surface area contributed by atoms with Crippen LogP contribution in [-0.4, -0.2) is 26.2 Å². The fourth-order valence-corrected chi connectivity index (χ4v) is 2.61. The molecule has 1 unspecified atom stereocenters. The molecule has 0 aromatic heterocycles. The van der Waals surface area contributed by atoms with Crippen LogP contribution in [0.5, 0.6) is 0 Å². The second-order valence-electron chi connectivity index (χ2n) is 4.50. The van der Waals surface area contributed by atoms with Gasteiger partial charge in [0.25, 0.3) is 10.1 Å². The summed E-state index contributed by atoms with van der Waals surface area (Å²) in [6.45, 7) is 3.45. The SMILES string of the molecule is Cc1ccc(S(=O)(=O)O)cc1CC1CCOC1. The molecule has 94 valence electrons. The Morgan fingerprint density at radius 3 is 2.82 bits per heavy atom. The average Bonchev–Trinajstić information content (AvgIpc) is 2.72. The Hall–Kier alpha value is -0.910. The summed E-state index contributed by atoms with van der Waals surface area (Å²) in [4.78, 5) is -0.0305. The number of rotatable bonds is 3. The second kappa shape index (κ2) is 4.76. The minimum Gasteiger partial charge on any atom is -0.381 e. The smallest absolute Gasteiger partial charge is 0.294 e. The zero-order chi connectivity index (χ0) is 12.5. The fraction of sp³-hybridized carbons (Fsp3) is 0.500. The summed E-state index contributed by atoms with van der Waals surface area (Å²) in [5, 5.41) is 0. The van der Waals surface area contributed by atoms with Crippen molar-refractivity contribution < 1.29 is 17.7 Å². The molecule has 1 aromatic rings. The largest absolute Gasteiger partial charge is 0.381 e. The minimum atomic E-state index is -4.11. The molecule has 0 radical (unpaired) electrons. The molecule has 1 heterocycles. The van der Waals surface area contributed by atoms with Gasteiger partial charge in [-0.15, -0.1) is 0 Å². The van der Waals surface area contributed by atoms with Gasteiger partial charge >= 0.3 is 0 Å². The second-order valence-corrected chi connectivity index (χ2v) is 5.92. The van der Waals surface area contributed by atoms with Crippen LogP contribution in [-0.2, 0) is 21.3 Å². The molecular formula is C12H16O4S. The minimum absolute atomic E-state index is 0.0305. The molecule has 0 aliphatic carbocycles. The van der Waals surface area contributed by atoms with Crippen LogP contribution in [0.4, 0.5) is 0 Å². The van der Waals surface area contributed by atoms with E-state index in [1.165, 1.54) is 6.07 Å². The molecule has 2 rings (SSSR count). The Kier molecular flexibility index (Phi) is 3.51. The van der Waals surface area contributed by atoms with Gasteiger partial charge in [0.05, 0.1) is 4.90 Å². The van der Waals surface area contributed by atoms with Crippen LogP contribution in [0.25, 0.3) is 0 Å². The summed E-state index contributed by atoms with van der Waals surface area (Å²) in [5.41, 5.74) is 2.01. The summed E-state index contributed by atoms with van der Waals surface area (Å²) in [7, 11) is -4.11. The lowest BCUT2D eigenvalue weighted by atomic mass is 9.96. The van der Waals surface area contributed by atoms with E-state index in [0.29, 0.717) is 5.92 Å². The predicted octanol–water partition coefficient (Wildman–Crippen LogP) is 1.82. The molecule has 0 amide bonds. The average molecular weight is 256 g/mol. The molecule has 0 spiro atoms. The molecule has 1 fully saturated rings. The van der Waals surface area contributed by atoms with Gasteiger partial charge in [0.15, 0.2) is 0 Å². The van der Waals surface area contributed by atoms with E-state index in [9.17, 15) is 8.42 Å². The summed E-state index contributed by atoms with van der Waals surface area (Å²) in [6.07, 6.45) is 1.81. The highest BCUT2D eigenvalue weighted by Gasteiger charge is 2.18. The number of hydrogen-bond donors (Lipinski definition) is 1. The van der Waals surface area contributed by atoms with Gasteiger partial charge < -0.3 is 4.74 Å².